The molecule has 2 aromatic carbocycles. The third-order valence-electron chi connectivity index (χ3n) is 3.49. The molecule has 112 valence electrons. The van der Waals surface area contributed by atoms with Crippen LogP contribution in [0.25, 0.3) is 22.4 Å². The minimum atomic E-state index is -0.328. The molecule has 0 aliphatic rings. The van der Waals surface area contributed by atoms with E-state index in [2.05, 4.69) is 11.1 Å². The summed E-state index contributed by atoms with van der Waals surface area (Å²) in [5.74, 6) is -0.642. The number of hydrogen-bond acceptors (Lipinski definition) is 2. The molecule has 0 unspecified atom stereocenters. The summed E-state index contributed by atoms with van der Waals surface area (Å²) in [6.07, 6.45) is 0.192. The second-order valence-electron chi connectivity index (χ2n) is 5.05. The first-order chi connectivity index (χ1) is 11.2. The van der Waals surface area contributed by atoms with Crippen molar-refractivity contribution in [1.82, 2.24) is 4.98 Å². The van der Waals surface area contributed by atoms with Crippen LogP contribution in [0.2, 0.25) is 0 Å². The highest BCUT2D eigenvalue weighted by Crippen LogP contribution is 2.31. The number of nitriles is 1. The zero-order chi connectivity index (χ0) is 16.2. The minimum absolute atomic E-state index is 0.192. The Bertz CT molecular complexity index is 863. The van der Waals surface area contributed by atoms with Gasteiger partial charge in [0.05, 0.1) is 23.9 Å². The third-order valence-corrected chi connectivity index (χ3v) is 3.49. The van der Waals surface area contributed by atoms with E-state index in [0.717, 1.165) is 16.7 Å². The highest BCUT2D eigenvalue weighted by Gasteiger charge is 2.11. The molecule has 0 aliphatic heterocycles. The van der Waals surface area contributed by atoms with Gasteiger partial charge in [-0.2, -0.15) is 5.26 Å². The summed E-state index contributed by atoms with van der Waals surface area (Å²) in [5.41, 5.74) is 3.63. The van der Waals surface area contributed by atoms with Gasteiger partial charge >= 0.3 is 0 Å². The molecule has 0 spiro atoms. The van der Waals surface area contributed by atoms with Crippen molar-refractivity contribution in [2.45, 2.75) is 6.42 Å². The molecule has 0 N–H and O–H groups in total. The van der Waals surface area contributed by atoms with Gasteiger partial charge in [-0.05, 0) is 48.0 Å². The van der Waals surface area contributed by atoms with E-state index in [1.807, 2.05) is 6.07 Å². The Morgan fingerprint density at radius 1 is 0.783 bits per heavy atom. The SMILES string of the molecule is N#CCc1ccc(-c2ccc(F)cc2)c(-c2ccc(F)cc2)n1. The fourth-order valence-electron chi connectivity index (χ4n) is 2.37. The van der Waals surface area contributed by atoms with Gasteiger partial charge in [0.1, 0.15) is 11.6 Å². The topological polar surface area (TPSA) is 36.7 Å². The van der Waals surface area contributed by atoms with Crippen LogP contribution >= 0.6 is 0 Å². The molecular formula is C19H12F2N2. The lowest BCUT2D eigenvalue weighted by atomic mass is 9.98. The van der Waals surface area contributed by atoms with Crippen LogP contribution in [-0.4, -0.2) is 4.98 Å². The largest absolute Gasteiger partial charge is 0.251 e. The van der Waals surface area contributed by atoms with Crippen LogP contribution in [0, 0.1) is 23.0 Å². The average Bonchev–Trinajstić information content (AvgIpc) is 2.57. The van der Waals surface area contributed by atoms with Gasteiger partial charge in [0.2, 0.25) is 0 Å². The van der Waals surface area contributed by atoms with Gasteiger partial charge in [0.15, 0.2) is 0 Å². The molecule has 23 heavy (non-hydrogen) atoms. The summed E-state index contributed by atoms with van der Waals surface area (Å²) in [4.78, 5) is 4.52. The van der Waals surface area contributed by atoms with E-state index in [9.17, 15) is 8.78 Å². The van der Waals surface area contributed by atoms with E-state index in [-0.39, 0.29) is 18.1 Å². The number of benzene rings is 2. The number of hydrogen-bond donors (Lipinski definition) is 0. The molecule has 3 rings (SSSR count). The van der Waals surface area contributed by atoms with E-state index in [1.165, 1.54) is 24.3 Å². The molecular weight excluding hydrogens is 294 g/mol. The molecule has 0 saturated heterocycles. The maximum absolute atomic E-state index is 13.2. The van der Waals surface area contributed by atoms with E-state index in [0.29, 0.717) is 11.4 Å². The molecule has 0 amide bonds. The van der Waals surface area contributed by atoms with Crippen molar-refractivity contribution in [3.05, 3.63) is 78.0 Å². The maximum Gasteiger partial charge on any atom is 0.123 e. The Hall–Kier alpha value is -3.06. The van der Waals surface area contributed by atoms with Gasteiger partial charge in [0.25, 0.3) is 0 Å². The molecule has 1 heterocycles. The molecule has 0 saturated carbocycles. The van der Waals surface area contributed by atoms with Gasteiger partial charge in [0, 0.05) is 11.1 Å². The summed E-state index contributed by atoms with van der Waals surface area (Å²) < 4.78 is 26.3. The van der Waals surface area contributed by atoms with Gasteiger partial charge in [-0.3, -0.25) is 4.98 Å². The van der Waals surface area contributed by atoms with E-state index in [4.69, 9.17) is 5.26 Å². The lowest BCUT2D eigenvalue weighted by molar-refractivity contribution is 0.627. The molecule has 3 aromatic rings. The first-order valence-corrected chi connectivity index (χ1v) is 7.06. The van der Waals surface area contributed by atoms with Crippen LogP contribution in [0.15, 0.2) is 60.7 Å². The zero-order valence-corrected chi connectivity index (χ0v) is 12.1. The number of halogens is 2. The highest BCUT2D eigenvalue weighted by molar-refractivity contribution is 5.80. The predicted octanol–water partition coefficient (Wildman–Crippen LogP) is 4.76. The van der Waals surface area contributed by atoms with Gasteiger partial charge in [-0.15, -0.1) is 0 Å². The van der Waals surface area contributed by atoms with E-state index < -0.39 is 0 Å². The summed E-state index contributed by atoms with van der Waals surface area (Å²) >= 11 is 0. The second kappa shape index (κ2) is 6.37. The fourth-order valence-corrected chi connectivity index (χ4v) is 2.37. The Labute approximate surface area is 132 Å². The molecule has 0 radical (unpaired) electrons. The molecule has 2 nitrogen and oxygen atoms in total. The van der Waals surface area contributed by atoms with Crippen molar-refractivity contribution in [1.29, 1.82) is 5.26 Å². The monoisotopic (exact) mass is 306 g/mol. The van der Waals surface area contributed by atoms with Crippen molar-refractivity contribution in [2.24, 2.45) is 0 Å². The maximum atomic E-state index is 13.2. The van der Waals surface area contributed by atoms with Crippen LogP contribution in [0.3, 0.4) is 0 Å². The fraction of sp³-hybridized carbons (Fsp3) is 0.0526. The first kappa shape index (κ1) is 14.9. The first-order valence-electron chi connectivity index (χ1n) is 7.06. The Morgan fingerprint density at radius 2 is 1.35 bits per heavy atom. The molecule has 1 aromatic heterocycles. The molecule has 0 fully saturated rings. The summed E-state index contributed by atoms with van der Waals surface area (Å²) in [6.45, 7) is 0. The quantitative estimate of drug-likeness (QED) is 0.699. The molecule has 0 aliphatic carbocycles. The van der Waals surface area contributed by atoms with Crippen molar-refractivity contribution < 1.29 is 8.78 Å². The van der Waals surface area contributed by atoms with Gasteiger partial charge in [-0.25, -0.2) is 8.78 Å². The lowest BCUT2D eigenvalue weighted by Crippen LogP contribution is -1.95. The Morgan fingerprint density at radius 3 is 1.91 bits per heavy atom. The molecule has 0 bridgehead atoms. The molecule has 4 heteroatoms. The minimum Gasteiger partial charge on any atom is -0.251 e. The summed E-state index contributed by atoms with van der Waals surface area (Å²) in [7, 11) is 0. The number of nitrogens with zero attached hydrogens (tertiary/aromatic N) is 2. The average molecular weight is 306 g/mol. The van der Waals surface area contributed by atoms with Crippen molar-refractivity contribution in [2.75, 3.05) is 0 Å². The molecule has 0 atom stereocenters. The van der Waals surface area contributed by atoms with Crippen LogP contribution in [-0.2, 0) is 6.42 Å². The number of rotatable bonds is 3. The van der Waals surface area contributed by atoms with Gasteiger partial charge in [-0.1, -0.05) is 18.2 Å². The number of pyridine rings is 1. The smallest absolute Gasteiger partial charge is 0.123 e. The summed E-state index contributed by atoms with van der Waals surface area (Å²) in [5, 5.41) is 8.85. The Balaban J connectivity index is 2.17. The van der Waals surface area contributed by atoms with E-state index in [1.54, 1.807) is 30.3 Å². The van der Waals surface area contributed by atoms with Gasteiger partial charge < -0.3 is 0 Å². The standard InChI is InChI=1S/C19H12F2N2/c20-15-5-1-13(2-6-15)18-10-9-17(11-12-22)23-19(18)14-3-7-16(21)8-4-14/h1-10H,11H2. The highest BCUT2D eigenvalue weighted by atomic mass is 19.1. The predicted molar refractivity (Wildman–Crippen MR) is 84.3 cm³/mol. The third kappa shape index (κ3) is 3.24. The van der Waals surface area contributed by atoms with Crippen molar-refractivity contribution >= 4 is 0 Å². The van der Waals surface area contributed by atoms with Crippen LogP contribution in [0.4, 0.5) is 8.78 Å². The van der Waals surface area contributed by atoms with Crippen molar-refractivity contribution in [3.63, 3.8) is 0 Å². The van der Waals surface area contributed by atoms with Crippen LogP contribution < -0.4 is 0 Å². The van der Waals surface area contributed by atoms with E-state index >= 15 is 0 Å². The lowest BCUT2D eigenvalue weighted by Gasteiger charge is -2.11. The second-order valence-corrected chi connectivity index (χ2v) is 5.05. The number of aromatic nitrogens is 1. The van der Waals surface area contributed by atoms with Crippen molar-refractivity contribution in [3.8, 4) is 28.5 Å². The van der Waals surface area contributed by atoms with Crippen LogP contribution in [0.5, 0.6) is 0 Å². The Kier molecular flexibility index (Phi) is 4.11. The normalized spacial score (nSPS) is 10.3. The zero-order valence-electron chi connectivity index (χ0n) is 12.1. The van der Waals surface area contributed by atoms with Crippen LogP contribution in [0.1, 0.15) is 5.69 Å². The summed E-state index contributed by atoms with van der Waals surface area (Å²) in [6, 6.07) is 17.8.